The molecule has 152 valence electrons. The van der Waals surface area contributed by atoms with Crippen molar-refractivity contribution < 1.29 is 9.59 Å². The number of aryl methyl sites for hydroxylation is 1. The summed E-state index contributed by atoms with van der Waals surface area (Å²) < 4.78 is 0. The first-order valence-corrected chi connectivity index (χ1v) is 10.2. The van der Waals surface area contributed by atoms with E-state index >= 15 is 0 Å². The summed E-state index contributed by atoms with van der Waals surface area (Å²) in [6.07, 6.45) is 0.535. The zero-order valence-corrected chi connectivity index (χ0v) is 17.6. The van der Waals surface area contributed by atoms with Crippen LogP contribution in [0, 0.1) is 6.92 Å². The summed E-state index contributed by atoms with van der Waals surface area (Å²) in [5.74, 6) is -0.0408. The van der Waals surface area contributed by atoms with E-state index in [9.17, 15) is 9.59 Å². The number of hydrogen-bond donors (Lipinski definition) is 2. The van der Waals surface area contributed by atoms with Crippen LogP contribution >= 0.6 is 12.2 Å². The van der Waals surface area contributed by atoms with Gasteiger partial charge < -0.3 is 15.1 Å². The molecular formula is C22H26N4O2S. The Morgan fingerprint density at radius 3 is 2.34 bits per heavy atom. The van der Waals surface area contributed by atoms with Crippen LogP contribution in [0.4, 0.5) is 11.4 Å². The number of piperazine rings is 1. The second kappa shape index (κ2) is 9.52. The molecule has 1 heterocycles. The average Bonchev–Trinajstić information content (AvgIpc) is 2.74. The zero-order chi connectivity index (χ0) is 20.8. The molecule has 0 atom stereocenters. The SMILES string of the molecule is CCC(=O)N1CCN(c2ccccc2NC(=S)NC(=O)c2ccccc2C)CC1. The number of nitrogens with zero attached hydrogens (tertiary/aromatic N) is 2. The zero-order valence-electron chi connectivity index (χ0n) is 16.8. The van der Waals surface area contributed by atoms with Gasteiger partial charge in [0.15, 0.2) is 5.11 Å². The van der Waals surface area contributed by atoms with Crippen LogP contribution in [0.2, 0.25) is 0 Å². The topological polar surface area (TPSA) is 64.7 Å². The summed E-state index contributed by atoms with van der Waals surface area (Å²) in [7, 11) is 0. The van der Waals surface area contributed by atoms with E-state index in [1.54, 1.807) is 6.07 Å². The van der Waals surface area contributed by atoms with Crippen molar-refractivity contribution in [2.45, 2.75) is 20.3 Å². The lowest BCUT2D eigenvalue weighted by atomic mass is 10.1. The quantitative estimate of drug-likeness (QED) is 0.758. The monoisotopic (exact) mass is 410 g/mol. The van der Waals surface area contributed by atoms with Gasteiger partial charge in [-0.3, -0.25) is 14.9 Å². The molecule has 2 N–H and O–H groups in total. The molecule has 6 nitrogen and oxygen atoms in total. The predicted molar refractivity (Wildman–Crippen MR) is 120 cm³/mol. The molecule has 1 saturated heterocycles. The van der Waals surface area contributed by atoms with Crippen LogP contribution in [0.1, 0.15) is 29.3 Å². The van der Waals surface area contributed by atoms with Crippen molar-refractivity contribution in [1.82, 2.24) is 10.2 Å². The molecule has 0 aromatic heterocycles. The lowest BCUT2D eigenvalue weighted by Gasteiger charge is -2.37. The van der Waals surface area contributed by atoms with E-state index < -0.39 is 0 Å². The van der Waals surface area contributed by atoms with Crippen LogP contribution in [-0.4, -0.2) is 48.0 Å². The van der Waals surface area contributed by atoms with Gasteiger partial charge in [0, 0.05) is 38.2 Å². The Balaban J connectivity index is 1.65. The minimum absolute atomic E-state index is 0.191. The predicted octanol–water partition coefficient (Wildman–Crippen LogP) is 3.18. The van der Waals surface area contributed by atoms with Gasteiger partial charge in [0.05, 0.1) is 11.4 Å². The van der Waals surface area contributed by atoms with E-state index in [0.29, 0.717) is 25.1 Å². The molecule has 2 aromatic rings. The Labute approximate surface area is 176 Å². The number of nitrogens with one attached hydrogen (secondary N) is 2. The van der Waals surface area contributed by atoms with Crippen molar-refractivity contribution in [3.63, 3.8) is 0 Å². The number of para-hydroxylation sites is 2. The van der Waals surface area contributed by atoms with Crippen molar-refractivity contribution in [1.29, 1.82) is 0 Å². The Hall–Kier alpha value is -2.93. The summed E-state index contributed by atoms with van der Waals surface area (Å²) in [5, 5.41) is 6.16. The normalized spacial score (nSPS) is 13.7. The highest BCUT2D eigenvalue weighted by Gasteiger charge is 2.22. The molecule has 2 aromatic carbocycles. The fourth-order valence-electron chi connectivity index (χ4n) is 3.43. The molecular weight excluding hydrogens is 384 g/mol. The number of hydrogen-bond acceptors (Lipinski definition) is 4. The molecule has 7 heteroatoms. The highest BCUT2D eigenvalue weighted by Crippen LogP contribution is 2.26. The Morgan fingerprint density at radius 1 is 1.00 bits per heavy atom. The van der Waals surface area contributed by atoms with Gasteiger partial charge in [0.2, 0.25) is 5.91 Å². The minimum atomic E-state index is -0.232. The summed E-state index contributed by atoms with van der Waals surface area (Å²) in [5.41, 5.74) is 3.33. The van der Waals surface area contributed by atoms with E-state index in [2.05, 4.69) is 15.5 Å². The fourth-order valence-corrected chi connectivity index (χ4v) is 3.63. The first kappa shape index (κ1) is 20.8. The van der Waals surface area contributed by atoms with Gasteiger partial charge in [-0.2, -0.15) is 0 Å². The van der Waals surface area contributed by atoms with Crippen molar-refractivity contribution in [3.8, 4) is 0 Å². The molecule has 0 unspecified atom stereocenters. The molecule has 1 aliphatic heterocycles. The number of benzene rings is 2. The Bertz CT molecular complexity index is 907. The van der Waals surface area contributed by atoms with E-state index in [0.717, 1.165) is 30.0 Å². The van der Waals surface area contributed by atoms with E-state index in [-0.39, 0.29) is 16.9 Å². The van der Waals surface area contributed by atoms with Crippen LogP contribution < -0.4 is 15.5 Å². The average molecular weight is 411 g/mol. The highest BCUT2D eigenvalue weighted by atomic mass is 32.1. The van der Waals surface area contributed by atoms with Gasteiger partial charge in [0.1, 0.15) is 0 Å². The van der Waals surface area contributed by atoms with Gasteiger partial charge >= 0.3 is 0 Å². The molecule has 1 fully saturated rings. The summed E-state index contributed by atoms with van der Waals surface area (Å²) >= 11 is 5.37. The van der Waals surface area contributed by atoms with Crippen LogP contribution in [0.25, 0.3) is 0 Å². The molecule has 0 aliphatic carbocycles. The number of carbonyl (C=O) groups excluding carboxylic acids is 2. The third-order valence-corrected chi connectivity index (χ3v) is 5.25. The summed E-state index contributed by atoms with van der Waals surface area (Å²) in [4.78, 5) is 28.5. The molecule has 2 amide bonds. The number of thiocarbonyl (C=S) groups is 1. The van der Waals surface area contributed by atoms with Gasteiger partial charge in [0.25, 0.3) is 5.91 Å². The van der Waals surface area contributed by atoms with E-state index in [1.165, 1.54) is 0 Å². The van der Waals surface area contributed by atoms with Crippen molar-refractivity contribution in [2.75, 3.05) is 36.4 Å². The Kier molecular flexibility index (Phi) is 6.82. The second-order valence-electron chi connectivity index (χ2n) is 6.96. The van der Waals surface area contributed by atoms with Crippen LogP contribution in [0.5, 0.6) is 0 Å². The molecule has 0 spiro atoms. The molecule has 0 saturated carbocycles. The standard InChI is InChI=1S/C22H26N4O2S/c1-3-20(27)26-14-12-25(13-15-26)19-11-7-6-10-18(19)23-22(29)24-21(28)17-9-5-4-8-16(17)2/h4-11H,3,12-15H2,1-2H3,(H2,23,24,28,29). The Morgan fingerprint density at radius 2 is 1.66 bits per heavy atom. The fraction of sp³-hybridized carbons (Fsp3) is 0.318. The summed E-state index contributed by atoms with van der Waals surface area (Å²) in [6, 6.07) is 15.2. The number of rotatable bonds is 4. The molecule has 1 aliphatic rings. The molecule has 3 rings (SSSR count). The van der Waals surface area contributed by atoms with Crippen molar-refractivity contribution in [2.24, 2.45) is 0 Å². The van der Waals surface area contributed by atoms with Crippen LogP contribution in [-0.2, 0) is 4.79 Å². The number of anilines is 2. The highest BCUT2D eigenvalue weighted by molar-refractivity contribution is 7.80. The van der Waals surface area contributed by atoms with E-state index in [4.69, 9.17) is 12.2 Å². The maximum atomic E-state index is 12.5. The largest absolute Gasteiger partial charge is 0.366 e. The smallest absolute Gasteiger partial charge is 0.257 e. The molecule has 0 radical (unpaired) electrons. The second-order valence-corrected chi connectivity index (χ2v) is 7.37. The van der Waals surface area contributed by atoms with E-state index in [1.807, 2.05) is 61.2 Å². The number of amides is 2. The minimum Gasteiger partial charge on any atom is -0.366 e. The van der Waals surface area contributed by atoms with Gasteiger partial charge in [-0.05, 0) is 42.9 Å². The maximum Gasteiger partial charge on any atom is 0.257 e. The first-order chi connectivity index (χ1) is 14.0. The third kappa shape index (κ3) is 5.12. The molecule has 29 heavy (non-hydrogen) atoms. The van der Waals surface area contributed by atoms with Gasteiger partial charge in [-0.15, -0.1) is 0 Å². The van der Waals surface area contributed by atoms with Gasteiger partial charge in [-0.25, -0.2) is 0 Å². The van der Waals surface area contributed by atoms with Crippen LogP contribution in [0.15, 0.2) is 48.5 Å². The third-order valence-electron chi connectivity index (χ3n) is 5.04. The van der Waals surface area contributed by atoms with Crippen LogP contribution in [0.3, 0.4) is 0 Å². The summed E-state index contributed by atoms with van der Waals surface area (Å²) in [6.45, 7) is 6.70. The van der Waals surface area contributed by atoms with Crippen molar-refractivity contribution >= 4 is 40.5 Å². The maximum absolute atomic E-state index is 12.5. The lowest BCUT2D eigenvalue weighted by Crippen LogP contribution is -2.48. The van der Waals surface area contributed by atoms with Crippen molar-refractivity contribution in [3.05, 3.63) is 59.7 Å². The molecule has 0 bridgehead atoms. The number of carbonyl (C=O) groups is 2. The first-order valence-electron chi connectivity index (χ1n) is 9.79. The van der Waals surface area contributed by atoms with Gasteiger partial charge in [-0.1, -0.05) is 37.3 Å². The lowest BCUT2D eigenvalue weighted by molar-refractivity contribution is -0.131.